The third kappa shape index (κ3) is 10.4. The molecule has 1 aromatic rings. The Morgan fingerprint density at radius 2 is 1.73 bits per heavy atom. The van der Waals surface area contributed by atoms with Gasteiger partial charge in [-0.3, -0.25) is 29.5 Å². The van der Waals surface area contributed by atoms with Gasteiger partial charge in [0.2, 0.25) is 17.7 Å². The van der Waals surface area contributed by atoms with E-state index >= 15 is 0 Å². The van der Waals surface area contributed by atoms with Gasteiger partial charge in [0.05, 0.1) is 0 Å². The van der Waals surface area contributed by atoms with Gasteiger partial charge in [0, 0.05) is 31.6 Å². The monoisotopic (exact) mass is 722 g/mol. The number of nitrogens with one attached hydrogen (secondary N) is 2. The number of likely N-dealkylation sites (N-methyl/N-ethyl adjacent to an activating group) is 1. The van der Waals surface area contributed by atoms with Crippen LogP contribution in [0.1, 0.15) is 63.9 Å². The van der Waals surface area contributed by atoms with Crippen LogP contribution in [-0.4, -0.2) is 142 Å². The number of carbonyl (C=O) groups excluding carboxylic acids is 4. The van der Waals surface area contributed by atoms with Crippen LogP contribution < -0.4 is 22.1 Å². The lowest BCUT2D eigenvalue weighted by Gasteiger charge is -2.38. The molecular formula is C34H54N6O11. The van der Waals surface area contributed by atoms with E-state index in [9.17, 15) is 39.6 Å². The van der Waals surface area contributed by atoms with Gasteiger partial charge >= 0.3 is 6.03 Å². The number of aryl methyl sites for hydroxylation is 1. The summed E-state index contributed by atoms with van der Waals surface area (Å²) in [6, 6.07) is 5.48. The van der Waals surface area contributed by atoms with E-state index in [-0.39, 0.29) is 44.8 Å². The van der Waals surface area contributed by atoms with Crippen LogP contribution in [0.4, 0.5) is 10.5 Å². The Labute approximate surface area is 297 Å². The summed E-state index contributed by atoms with van der Waals surface area (Å²) < 4.78 is 17.6. The zero-order valence-electron chi connectivity index (χ0n) is 29.3. The minimum atomic E-state index is -1.74. The number of benzene rings is 1. The van der Waals surface area contributed by atoms with Gasteiger partial charge in [-0.2, -0.15) is 0 Å². The van der Waals surface area contributed by atoms with Gasteiger partial charge in [-0.25, -0.2) is 4.79 Å². The van der Waals surface area contributed by atoms with E-state index in [1.807, 2.05) is 24.3 Å². The Morgan fingerprint density at radius 1 is 1.02 bits per heavy atom. The van der Waals surface area contributed by atoms with Crippen molar-refractivity contribution >= 4 is 29.4 Å². The Morgan fingerprint density at radius 3 is 2.35 bits per heavy atom. The molecule has 3 heterocycles. The van der Waals surface area contributed by atoms with Crippen molar-refractivity contribution in [1.29, 1.82) is 0 Å². The van der Waals surface area contributed by atoms with Crippen LogP contribution in [0.5, 0.6) is 0 Å². The molecule has 3 saturated heterocycles. The first kappa shape index (κ1) is 40.5. The molecule has 2 unspecified atom stereocenters. The third-order valence-electron chi connectivity index (χ3n) is 9.63. The molecule has 0 bridgehead atoms. The molecule has 5 amide bonds. The molecule has 3 aliphatic rings. The number of hydrogen-bond donors (Lipinski definition) is 8. The highest BCUT2D eigenvalue weighted by Crippen LogP contribution is 2.33. The molecule has 17 heteroatoms. The number of nitrogens with zero attached hydrogens (tertiary/aromatic N) is 2. The molecule has 3 aliphatic heterocycles. The minimum Gasteiger partial charge on any atom is -0.387 e. The predicted molar refractivity (Wildman–Crippen MR) is 183 cm³/mol. The highest BCUT2D eigenvalue weighted by atomic mass is 16.7. The first-order valence-corrected chi connectivity index (χ1v) is 17.7. The van der Waals surface area contributed by atoms with Gasteiger partial charge in [0.1, 0.15) is 48.8 Å². The third-order valence-corrected chi connectivity index (χ3v) is 9.63. The molecule has 0 saturated carbocycles. The Hall–Kier alpha value is -3.26. The van der Waals surface area contributed by atoms with Crippen molar-refractivity contribution in [1.82, 2.24) is 15.1 Å². The van der Waals surface area contributed by atoms with Crippen molar-refractivity contribution in [2.24, 2.45) is 11.5 Å². The first-order chi connectivity index (χ1) is 24.4. The van der Waals surface area contributed by atoms with Crippen molar-refractivity contribution in [3.8, 4) is 0 Å². The number of nitrogens with two attached hydrogens (primary N) is 2. The van der Waals surface area contributed by atoms with E-state index in [0.717, 1.165) is 17.7 Å². The van der Waals surface area contributed by atoms with E-state index in [2.05, 4.69) is 17.6 Å². The standard InChI is InChI=1S/C34H54N6O11/c1-3-4-5-6-7-9-19-11-13-20(14-12-19)37-22(41)10-8-16-39(2)24(31(36)47)29(51-33-28(46)25(43)21(18-35)49-33)30-26(44)27(45)32(50-30)40-17-15-23(42)38-34(40)48/h11-14,21,24-30,32-33,43-46H,3-10,15-18,35H2,1-2H3,(H2,36,47)(H,37,41)(H,38,42,48)/t21-,24+,25-,26-,27?,28-,29+,30+,32-,33?/m1/s1. The van der Waals surface area contributed by atoms with Crippen LogP contribution >= 0.6 is 0 Å². The quantitative estimate of drug-likeness (QED) is 0.0789. The number of imide groups is 1. The molecule has 0 aromatic heterocycles. The number of amides is 5. The van der Waals surface area contributed by atoms with E-state index in [0.29, 0.717) is 5.69 Å². The summed E-state index contributed by atoms with van der Waals surface area (Å²) in [5.74, 6) is -1.70. The van der Waals surface area contributed by atoms with E-state index in [4.69, 9.17) is 25.7 Å². The summed E-state index contributed by atoms with van der Waals surface area (Å²) >= 11 is 0. The highest BCUT2D eigenvalue weighted by Gasteiger charge is 2.55. The summed E-state index contributed by atoms with van der Waals surface area (Å²) in [5, 5.41) is 48.2. The number of aliphatic hydroxyl groups excluding tert-OH is 4. The average Bonchev–Trinajstić information content (AvgIpc) is 3.53. The predicted octanol–water partition coefficient (Wildman–Crippen LogP) is -1.12. The normalized spacial score (nSPS) is 29.3. The molecule has 17 nitrogen and oxygen atoms in total. The number of ether oxygens (including phenoxy) is 3. The van der Waals surface area contributed by atoms with Crippen LogP contribution in [0, 0.1) is 0 Å². The van der Waals surface area contributed by atoms with Crippen molar-refractivity contribution in [3.05, 3.63) is 29.8 Å². The second-order valence-electron chi connectivity index (χ2n) is 13.5. The summed E-state index contributed by atoms with van der Waals surface area (Å²) in [6.07, 6.45) is -6.31. The molecule has 0 radical (unpaired) electrons. The molecule has 1 aromatic carbocycles. The zero-order chi connectivity index (χ0) is 37.2. The SMILES string of the molecule is CCCCCCCc1ccc(NC(=O)CCCN(C)[C@H](C(N)=O)[C@H](OC2O[C@H](CN)[C@@H](O)[C@H]2O)[C@H]2O[C@@H](N3CCC(=O)NC3=O)C(O)[C@H]2O)cc1. The smallest absolute Gasteiger partial charge is 0.326 e. The fraction of sp³-hybridized carbons (Fsp3) is 0.706. The van der Waals surface area contributed by atoms with Gasteiger partial charge in [-0.1, -0.05) is 44.7 Å². The number of aliphatic hydroxyl groups is 4. The average molecular weight is 723 g/mol. The molecule has 51 heavy (non-hydrogen) atoms. The molecule has 4 rings (SSSR count). The molecule has 10 atom stereocenters. The fourth-order valence-corrected chi connectivity index (χ4v) is 6.71. The maximum Gasteiger partial charge on any atom is 0.326 e. The van der Waals surface area contributed by atoms with Gasteiger partial charge in [0.15, 0.2) is 12.5 Å². The van der Waals surface area contributed by atoms with Crippen molar-refractivity contribution in [3.63, 3.8) is 0 Å². The van der Waals surface area contributed by atoms with Crippen LogP contribution in [0.15, 0.2) is 24.3 Å². The van der Waals surface area contributed by atoms with E-state index < -0.39 is 79.1 Å². The summed E-state index contributed by atoms with van der Waals surface area (Å²) in [5.41, 5.74) is 13.4. The van der Waals surface area contributed by atoms with Gasteiger partial charge < -0.3 is 51.4 Å². The minimum absolute atomic E-state index is 0.0792. The van der Waals surface area contributed by atoms with Crippen LogP contribution in [0.3, 0.4) is 0 Å². The first-order valence-electron chi connectivity index (χ1n) is 17.7. The number of urea groups is 1. The van der Waals surface area contributed by atoms with Crippen LogP contribution in [-0.2, 0) is 35.0 Å². The number of carbonyl (C=O) groups is 4. The topological polar surface area (TPSA) is 259 Å². The second-order valence-corrected chi connectivity index (χ2v) is 13.5. The molecular weight excluding hydrogens is 668 g/mol. The maximum atomic E-state index is 13.1. The maximum absolute atomic E-state index is 13.1. The summed E-state index contributed by atoms with van der Waals surface area (Å²) in [4.78, 5) is 52.6. The number of rotatable bonds is 19. The van der Waals surface area contributed by atoms with Gasteiger partial charge in [0.25, 0.3) is 0 Å². The number of hydrogen-bond acceptors (Lipinski definition) is 13. The molecule has 10 N–H and O–H groups in total. The zero-order valence-corrected chi connectivity index (χ0v) is 29.3. The van der Waals surface area contributed by atoms with Crippen molar-refractivity contribution in [2.45, 2.75) is 126 Å². The molecule has 0 aliphatic carbocycles. The largest absolute Gasteiger partial charge is 0.387 e. The lowest BCUT2D eigenvalue weighted by atomic mass is 9.97. The lowest BCUT2D eigenvalue weighted by Crippen LogP contribution is -2.59. The Kier molecular flexibility index (Phi) is 15.1. The fourth-order valence-electron chi connectivity index (χ4n) is 6.71. The van der Waals surface area contributed by atoms with Gasteiger partial charge in [-0.15, -0.1) is 0 Å². The number of unbranched alkanes of at least 4 members (excludes halogenated alkanes) is 4. The molecule has 0 spiro atoms. The molecule has 286 valence electrons. The second kappa shape index (κ2) is 19.0. The van der Waals surface area contributed by atoms with E-state index in [1.54, 1.807) is 0 Å². The molecule has 3 fully saturated rings. The summed E-state index contributed by atoms with van der Waals surface area (Å²) in [7, 11) is 1.53. The highest BCUT2D eigenvalue weighted by molar-refractivity contribution is 5.96. The Balaban J connectivity index is 1.42. The van der Waals surface area contributed by atoms with Gasteiger partial charge in [-0.05, 0) is 50.6 Å². The van der Waals surface area contributed by atoms with Crippen molar-refractivity contribution < 1.29 is 53.8 Å². The van der Waals surface area contributed by atoms with E-state index in [1.165, 1.54) is 43.2 Å². The number of anilines is 1. The van der Waals surface area contributed by atoms with Crippen molar-refractivity contribution in [2.75, 3.05) is 32.0 Å². The summed E-state index contributed by atoms with van der Waals surface area (Å²) in [6.45, 7) is 2.04. The van der Waals surface area contributed by atoms with Crippen LogP contribution in [0.2, 0.25) is 0 Å². The van der Waals surface area contributed by atoms with Crippen LogP contribution in [0.25, 0.3) is 0 Å². The Bertz CT molecular complexity index is 1320. The number of primary amides is 1. The lowest BCUT2D eigenvalue weighted by molar-refractivity contribution is -0.232.